The van der Waals surface area contributed by atoms with Gasteiger partial charge in [0.25, 0.3) is 11.8 Å². The number of rotatable bonds is 7. The zero-order valence-electron chi connectivity index (χ0n) is 18.5. The van der Waals surface area contributed by atoms with Crippen LogP contribution in [0.25, 0.3) is 0 Å². The first-order valence-electron chi connectivity index (χ1n) is 11.3. The van der Waals surface area contributed by atoms with Crippen LogP contribution in [-0.4, -0.2) is 22.9 Å². The number of amides is 2. The third kappa shape index (κ3) is 5.57. The molecule has 4 heteroatoms. The van der Waals surface area contributed by atoms with Crippen LogP contribution in [0, 0.1) is 19.8 Å². The molecule has 0 radical (unpaired) electrons. The minimum absolute atomic E-state index is 0.123. The zero-order valence-corrected chi connectivity index (χ0v) is 18.5. The number of nitrogens with one attached hydrogen (secondary N) is 1. The van der Waals surface area contributed by atoms with Crippen molar-refractivity contribution in [3.8, 4) is 0 Å². The van der Waals surface area contributed by atoms with Crippen LogP contribution < -0.4 is 5.43 Å². The molecule has 0 bridgehead atoms. The SMILES string of the molecule is CCC[C@@H](NN(C(=O)c1ccccc1)C(=O)c1cc(C)cc(C)c1)C1CCCCC1. The van der Waals surface area contributed by atoms with E-state index in [9.17, 15) is 9.59 Å². The molecule has 3 rings (SSSR count). The Morgan fingerprint density at radius 2 is 1.53 bits per heavy atom. The molecule has 1 aliphatic rings. The van der Waals surface area contributed by atoms with Crippen molar-refractivity contribution in [2.24, 2.45) is 5.92 Å². The Kier molecular flexibility index (Phi) is 7.81. The van der Waals surface area contributed by atoms with E-state index in [1.807, 2.05) is 50.2 Å². The largest absolute Gasteiger partial charge is 0.275 e. The predicted molar refractivity (Wildman–Crippen MR) is 121 cm³/mol. The molecule has 1 saturated carbocycles. The number of benzene rings is 2. The lowest BCUT2D eigenvalue weighted by molar-refractivity contribution is 0.0444. The van der Waals surface area contributed by atoms with Gasteiger partial charge in [-0.2, -0.15) is 0 Å². The van der Waals surface area contributed by atoms with Gasteiger partial charge in [-0.05, 0) is 63.3 Å². The van der Waals surface area contributed by atoms with Gasteiger partial charge in [-0.3, -0.25) is 9.59 Å². The summed E-state index contributed by atoms with van der Waals surface area (Å²) >= 11 is 0. The number of hydrazine groups is 1. The Bertz CT molecular complexity index is 836. The summed E-state index contributed by atoms with van der Waals surface area (Å²) in [7, 11) is 0. The van der Waals surface area contributed by atoms with Crippen molar-refractivity contribution in [3.05, 3.63) is 70.8 Å². The molecule has 0 aliphatic heterocycles. The first-order valence-corrected chi connectivity index (χ1v) is 11.3. The Labute approximate surface area is 180 Å². The van der Waals surface area contributed by atoms with Crippen molar-refractivity contribution in [3.63, 3.8) is 0 Å². The fourth-order valence-electron chi connectivity index (χ4n) is 4.57. The minimum Gasteiger partial charge on any atom is -0.267 e. The molecule has 1 N–H and O–H groups in total. The Morgan fingerprint density at radius 3 is 2.13 bits per heavy atom. The van der Waals surface area contributed by atoms with Gasteiger partial charge < -0.3 is 0 Å². The quantitative estimate of drug-likeness (QED) is 0.464. The van der Waals surface area contributed by atoms with Gasteiger partial charge in [0, 0.05) is 17.2 Å². The van der Waals surface area contributed by atoms with Gasteiger partial charge in [-0.25, -0.2) is 10.4 Å². The highest BCUT2D eigenvalue weighted by molar-refractivity contribution is 6.10. The van der Waals surface area contributed by atoms with Crippen LogP contribution in [0.2, 0.25) is 0 Å². The van der Waals surface area contributed by atoms with Gasteiger partial charge in [-0.1, -0.05) is 68.0 Å². The van der Waals surface area contributed by atoms with Crippen molar-refractivity contribution in [1.29, 1.82) is 0 Å². The highest BCUT2D eigenvalue weighted by atomic mass is 16.2. The Balaban J connectivity index is 1.93. The topological polar surface area (TPSA) is 49.4 Å². The number of nitrogens with zero attached hydrogens (tertiary/aromatic N) is 1. The minimum atomic E-state index is -0.295. The standard InChI is InChI=1S/C26H34N2O2/c1-4-11-24(21-12-7-5-8-13-21)27-28(25(29)22-14-9-6-10-15-22)26(30)23-17-19(2)16-20(3)18-23/h6,9-10,14-18,21,24,27H,4-5,7-8,11-13H2,1-3H3/t24-/m1/s1. The molecule has 2 aromatic carbocycles. The van der Waals surface area contributed by atoms with Gasteiger partial charge in [-0.15, -0.1) is 0 Å². The summed E-state index contributed by atoms with van der Waals surface area (Å²) in [6.45, 7) is 6.11. The van der Waals surface area contributed by atoms with Gasteiger partial charge in [0.2, 0.25) is 0 Å². The van der Waals surface area contributed by atoms with E-state index in [4.69, 9.17) is 0 Å². The second-order valence-electron chi connectivity index (χ2n) is 8.61. The molecule has 1 atom stereocenters. The third-order valence-electron chi connectivity index (χ3n) is 6.01. The molecule has 30 heavy (non-hydrogen) atoms. The molecule has 0 saturated heterocycles. The highest BCUT2D eigenvalue weighted by Crippen LogP contribution is 2.29. The molecule has 0 heterocycles. The summed E-state index contributed by atoms with van der Waals surface area (Å²) in [6.07, 6.45) is 8.01. The lowest BCUT2D eigenvalue weighted by Crippen LogP contribution is -2.54. The van der Waals surface area contributed by atoms with Crippen molar-refractivity contribution >= 4 is 11.8 Å². The molecule has 2 aromatic rings. The monoisotopic (exact) mass is 406 g/mol. The summed E-state index contributed by atoms with van der Waals surface area (Å²) in [5.74, 6) is -0.0824. The normalized spacial score (nSPS) is 15.6. The van der Waals surface area contributed by atoms with Crippen LogP contribution in [0.1, 0.15) is 83.7 Å². The molecule has 1 aliphatic carbocycles. The molecule has 2 amide bonds. The maximum Gasteiger partial charge on any atom is 0.275 e. The average molecular weight is 407 g/mol. The summed E-state index contributed by atoms with van der Waals surface area (Å²) < 4.78 is 0. The maximum atomic E-state index is 13.5. The Morgan fingerprint density at radius 1 is 0.933 bits per heavy atom. The summed E-state index contributed by atoms with van der Waals surface area (Å²) in [6, 6.07) is 14.9. The maximum absolute atomic E-state index is 13.5. The van der Waals surface area contributed by atoms with E-state index in [1.54, 1.807) is 12.1 Å². The zero-order chi connectivity index (χ0) is 21.5. The first kappa shape index (κ1) is 22.2. The van der Waals surface area contributed by atoms with E-state index in [-0.39, 0.29) is 17.9 Å². The Hall–Kier alpha value is -2.46. The van der Waals surface area contributed by atoms with Gasteiger partial charge in [0.1, 0.15) is 0 Å². The van der Waals surface area contributed by atoms with E-state index in [0.29, 0.717) is 17.0 Å². The molecule has 0 spiro atoms. The van der Waals surface area contributed by atoms with Crippen molar-refractivity contribution < 1.29 is 9.59 Å². The predicted octanol–water partition coefficient (Wildman–Crippen LogP) is 5.84. The molecular weight excluding hydrogens is 372 g/mol. The van der Waals surface area contributed by atoms with E-state index in [1.165, 1.54) is 24.3 Å². The highest BCUT2D eigenvalue weighted by Gasteiger charge is 2.31. The number of aryl methyl sites for hydroxylation is 2. The van der Waals surface area contributed by atoms with Gasteiger partial charge in [0.15, 0.2) is 0 Å². The van der Waals surface area contributed by atoms with Gasteiger partial charge in [0.05, 0.1) is 0 Å². The molecule has 1 fully saturated rings. The number of hydrogen-bond acceptors (Lipinski definition) is 3. The number of imide groups is 1. The van der Waals surface area contributed by atoms with Crippen molar-refractivity contribution in [2.75, 3.05) is 0 Å². The van der Waals surface area contributed by atoms with Crippen LogP contribution in [0.15, 0.2) is 48.5 Å². The van der Waals surface area contributed by atoms with Crippen LogP contribution in [0.3, 0.4) is 0 Å². The van der Waals surface area contributed by atoms with E-state index in [0.717, 1.165) is 36.8 Å². The fraction of sp³-hybridized carbons (Fsp3) is 0.462. The molecule has 4 nitrogen and oxygen atoms in total. The lowest BCUT2D eigenvalue weighted by atomic mass is 9.82. The number of hydrogen-bond donors (Lipinski definition) is 1. The van der Waals surface area contributed by atoms with Crippen molar-refractivity contribution in [2.45, 2.75) is 71.8 Å². The summed E-state index contributed by atoms with van der Waals surface area (Å²) in [5, 5.41) is 1.28. The van der Waals surface area contributed by atoms with Gasteiger partial charge >= 0.3 is 0 Å². The summed E-state index contributed by atoms with van der Waals surface area (Å²) in [4.78, 5) is 26.9. The molecule has 160 valence electrons. The second-order valence-corrected chi connectivity index (χ2v) is 8.61. The second kappa shape index (κ2) is 10.5. The molecule has 0 unspecified atom stereocenters. The average Bonchev–Trinajstić information content (AvgIpc) is 2.76. The van der Waals surface area contributed by atoms with Crippen LogP contribution in [-0.2, 0) is 0 Å². The number of carbonyl (C=O) groups is 2. The van der Waals surface area contributed by atoms with E-state index >= 15 is 0 Å². The van der Waals surface area contributed by atoms with E-state index < -0.39 is 0 Å². The fourth-order valence-corrected chi connectivity index (χ4v) is 4.57. The van der Waals surface area contributed by atoms with Crippen LogP contribution >= 0.6 is 0 Å². The van der Waals surface area contributed by atoms with Crippen LogP contribution in [0.4, 0.5) is 0 Å². The lowest BCUT2D eigenvalue weighted by Gasteiger charge is -2.35. The molecule has 0 aromatic heterocycles. The third-order valence-corrected chi connectivity index (χ3v) is 6.01. The first-order chi connectivity index (χ1) is 14.5. The number of carbonyl (C=O) groups excluding carboxylic acids is 2. The van der Waals surface area contributed by atoms with E-state index in [2.05, 4.69) is 12.3 Å². The van der Waals surface area contributed by atoms with Crippen LogP contribution in [0.5, 0.6) is 0 Å². The molecular formula is C26H34N2O2. The smallest absolute Gasteiger partial charge is 0.267 e. The van der Waals surface area contributed by atoms with Crippen molar-refractivity contribution in [1.82, 2.24) is 10.4 Å². The summed E-state index contributed by atoms with van der Waals surface area (Å²) in [5.41, 5.74) is 6.49.